The predicted molar refractivity (Wildman–Crippen MR) is 117 cm³/mol. The molecule has 156 valence electrons. The largest absolute Gasteiger partial charge is 0.322 e. The zero-order valence-electron chi connectivity index (χ0n) is 17.4. The zero-order valence-corrected chi connectivity index (χ0v) is 18.2. The van der Waals surface area contributed by atoms with Gasteiger partial charge in [0.15, 0.2) is 0 Å². The highest BCUT2D eigenvalue weighted by molar-refractivity contribution is 7.89. The molecule has 1 fully saturated rings. The van der Waals surface area contributed by atoms with Crippen LogP contribution in [0.15, 0.2) is 53.4 Å². The molecular weight excluding hydrogens is 384 g/mol. The topological polar surface area (TPSA) is 66.5 Å². The van der Waals surface area contributed by atoms with Crippen LogP contribution >= 0.6 is 0 Å². The van der Waals surface area contributed by atoms with E-state index >= 15 is 0 Å². The van der Waals surface area contributed by atoms with Gasteiger partial charge in [-0.05, 0) is 60.7 Å². The van der Waals surface area contributed by atoms with Crippen LogP contribution in [0.3, 0.4) is 0 Å². The van der Waals surface area contributed by atoms with Crippen molar-refractivity contribution in [2.24, 2.45) is 0 Å². The molecule has 0 radical (unpaired) electrons. The number of hydrogen-bond acceptors (Lipinski definition) is 3. The van der Waals surface area contributed by atoms with E-state index in [1.54, 1.807) is 31.3 Å². The molecule has 0 heterocycles. The molecule has 1 amide bonds. The fourth-order valence-corrected chi connectivity index (χ4v) is 5.16. The summed E-state index contributed by atoms with van der Waals surface area (Å²) in [6.07, 6.45) is 5.17. The van der Waals surface area contributed by atoms with Gasteiger partial charge in [0.25, 0.3) is 5.91 Å². The Labute approximate surface area is 174 Å². The van der Waals surface area contributed by atoms with Crippen molar-refractivity contribution < 1.29 is 13.2 Å². The van der Waals surface area contributed by atoms with Gasteiger partial charge >= 0.3 is 0 Å². The van der Waals surface area contributed by atoms with Gasteiger partial charge < -0.3 is 5.32 Å². The summed E-state index contributed by atoms with van der Waals surface area (Å²) in [5.74, 6) is 0.198. The van der Waals surface area contributed by atoms with Gasteiger partial charge in [-0.25, -0.2) is 8.42 Å². The third-order valence-corrected chi connectivity index (χ3v) is 7.64. The van der Waals surface area contributed by atoms with E-state index < -0.39 is 10.0 Å². The third kappa shape index (κ3) is 5.06. The van der Waals surface area contributed by atoms with Gasteiger partial charge in [0, 0.05) is 24.3 Å². The van der Waals surface area contributed by atoms with E-state index in [9.17, 15) is 13.2 Å². The zero-order chi connectivity index (χ0) is 21.0. The standard InChI is InChI=1S/C23H30N2O3S/c1-17(2)18-9-11-19(12-10-18)23(26)24-20-13-15-22(16-14-20)29(27,28)25(3)21-7-5-4-6-8-21/h9-17,21H,4-8H2,1-3H3,(H,24,26). The number of nitrogens with zero attached hydrogens (tertiary/aromatic N) is 1. The van der Waals surface area contributed by atoms with Crippen molar-refractivity contribution in [2.75, 3.05) is 12.4 Å². The molecule has 1 N–H and O–H groups in total. The minimum atomic E-state index is -3.53. The maximum atomic E-state index is 12.9. The molecule has 0 spiro atoms. The van der Waals surface area contributed by atoms with Crippen LogP contribution in [0.4, 0.5) is 5.69 Å². The van der Waals surface area contributed by atoms with Gasteiger partial charge in [0.05, 0.1) is 4.90 Å². The van der Waals surface area contributed by atoms with Crippen LogP contribution in [0.5, 0.6) is 0 Å². The average molecular weight is 415 g/mol. The van der Waals surface area contributed by atoms with Gasteiger partial charge in [-0.1, -0.05) is 45.2 Å². The number of nitrogens with one attached hydrogen (secondary N) is 1. The van der Waals surface area contributed by atoms with Crippen LogP contribution in [0.1, 0.15) is 67.8 Å². The van der Waals surface area contributed by atoms with Crippen LogP contribution < -0.4 is 5.32 Å². The fourth-order valence-electron chi connectivity index (χ4n) is 3.74. The van der Waals surface area contributed by atoms with E-state index in [1.807, 2.05) is 24.3 Å². The maximum absolute atomic E-state index is 12.9. The summed E-state index contributed by atoms with van der Waals surface area (Å²) in [6, 6.07) is 14.0. The Bertz CT molecular complexity index is 929. The van der Waals surface area contributed by atoms with Crippen LogP contribution in [0, 0.1) is 0 Å². The normalized spacial score (nSPS) is 15.6. The van der Waals surface area contributed by atoms with Gasteiger partial charge in [-0.2, -0.15) is 4.31 Å². The number of anilines is 1. The Balaban J connectivity index is 1.68. The van der Waals surface area contributed by atoms with Crippen molar-refractivity contribution in [1.82, 2.24) is 4.31 Å². The third-order valence-electron chi connectivity index (χ3n) is 5.72. The highest BCUT2D eigenvalue weighted by Gasteiger charge is 2.28. The summed E-state index contributed by atoms with van der Waals surface area (Å²) in [6.45, 7) is 4.22. The first-order chi connectivity index (χ1) is 13.8. The molecule has 0 atom stereocenters. The van der Waals surface area contributed by atoms with Crippen molar-refractivity contribution >= 4 is 21.6 Å². The van der Waals surface area contributed by atoms with Crippen molar-refractivity contribution in [1.29, 1.82) is 0 Å². The summed E-state index contributed by atoms with van der Waals surface area (Å²) in [5.41, 5.74) is 2.32. The number of sulfonamides is 1. The van der Waals surface area contributed by atoms with Crippen molar-refractivity contribution in [2.45, 2.75) is 62.8 Å². The Kier molecular flexibility index (Phi) is 6.75. The number of hydrogen-bond donors (Lipinski definition) is 1. The second-order valence-electron chi connectivity index (χ2n) is 8.07. The molecule has 3 rings (SSSR count). The van der Waals surface area contributed by atoms with Gasteiger partial charge in [0.2, 0.25) is 10.0 Å². The number of carbonyl (C=O) groups is 1. The van der Waals surface area contributed by atoms with E-state index in [-0.39, 0.29) is 16.8 Å². The van der Waals surface area contributed by atoms with Crippen LogP contribution in [0.2, 0.25) is 0 Å². The molecule has 0 aromatic heterocycles. The fraction of sp³-hybridized carbons (Fsp3) is 0.435. The lowest BCUT2D eigenvalue weighted by molar-refractivity contribution is 0.102. The molecule has 29 heavy (non-hydrogen) atoms. The lowest BCUT2D eigenvalue weighted by atomic mass is 9.96. The smallest absolute Gasteiger partial charge is 0.255 e. The highest BCUT2D eigenvalue weighted by atomic mass is 32.2. The van der Waals surface area contributed by atoms with E-state index in [0.29, 0.717) is 17.2 Å². The molecule has 0 saturated heterocycles. The molecule has 2 aromatic rings. The van der Waals surface area contributed by atoms with E-state index in [1.165, 1.54) is 16.3 Å². The van der Waals surface area contributed by atoms with Crippen molar-refractivity contribution in [3.8, 4) is 0 Å². The first-order valence-corrected chi connectivity index (χ1v) is 11.7. The predicted octanol–water partition coefficient (Wildman–Crippen LogP) is 5.02. The van der Waals surface area contributed by atoms with Crippen LogP contribution in [0.25, 0.3) is 0 Å². The average Bonchev–Trinajstić information content (AvgIpc) is 2.74. The van der Waals surface area contributed by atoms with E-state index in [4.69, 9.17) is 0 Å². The highest BCUT2D eigenvalue weighted by Crippen LogP contribution is 2.27. The molecule has 2 aromatic carbocycles. The molecule has 1 aliphatic carbocycles. The van der Waals surface area contributed by atoms with Crippen LogP contribution in [-0.4, -0.2) is 31.7 Å². The molecular formula is C23H30N2O3S. The summed E-state index contributed by atoms with van der Waals surface area (Å²) in [5, 5.41) is 2.83. The lowest BCUT2D eigenvalue weighted by Crippen LogP contribution is -2.38. The molecule has 6 heteroatoms. The number of amides is 1. The summed E-state index contributed by atoms with van der Waals surface area (Å²) in [7, 11) is -1.86. The van der Waals surface area contributed by atoms with Gasteiger partial charge in [-0.15, -0.1) is 0 Å². The molecule has 1 aliphatic rings. The summed E-state index contributed by atoms with van der Waals surface area (Å²) < 4.78 is 27.3. The quantitative estimate of drug-likeness (QED) is 0.722. The first kappa shape index (κ1) is 21.5. The second kappa shape index (κ2) is 9.09. The minimum absolute atomic E-state index is 0.0712. The number of benzene rings is 2. The minimum Gasteiger partial charge on any atom is -0.322 e. The van der Waals surface area contributed by atoms with Crippen molar-refractivity contribution in [3.05, 3.63) is 59.7 Å². The molecule has 0 bridgehead atoms. The van der Waals surface area contributed by atoms with Gasteiger partial charge in [-0.3, -0.25) is 4.79 Å². The lowest BCUT2D eigenvalue weighted by Gasteiger charge is -2.30. The molecule has 5 nitrogen and oxygen atoms in total. The van der Waals surface area contributed by atoms with E-state index in [2.05, 4.69) is 19.2 Å². The second-order valence-corrected chi connectivity index (χ2v) is 10.1. The maximum Gasteiger partial charge on any atom is 0.255 e. The molecule has 0 aliphatic heterocycles. The Morgan fingerprint density at radius 3 is 2.10 bits per heavy atom. The van der Waals surface area contributed by atoms with Crippen molar-refractivity contribution in [3.63, 3.8) is 0 Å². The first-order valence-electron chi connectivity index (χ1n) is 10.3. The van der Waals surface area contributed by atoms with Gasteiger partial charge in [0.1, 0.15) is 0 Å². The number of carbonyl (C=O) groups excluding carboxylic acids is 1. The Morgan fingerprint density at radius 2 is 1.55 bits per heavy atom. The molecule has 0 unspecified atom stereocenters. The molecule has 1 saturated carbocycles. The summed E-state index contributed by atoms with van der Waals surface area (Å²) in [4.78, 5) is 12.7. The Hall–Kier alpha value is -2.18. The SMILES string of the molecule is CC(C)c1ccc(C(=O)Nc2ccc(S(=O)(=O)N(C)C3CCCCC3)cc2)cc1. The number of rotatable bonds is 6. The van der Waals surface area contributed by atoms with Crippen LogP contribution in [-0.2, 0) is 10.0 Å². The monoisotopic (exact) mass is 414 g/mol. The Morgan fingerprint density at radius 1 is 0.966 bits per heavy atom. The van der Waals surface area contributed by atoms with E-state index in [0.717, 1.165) is 25.7 Å². The summed E-state index contributed by atoms with van der Waals surface area (Å²) >= 11 is 0.